The van der Waals surface area contributed by atoms with Gasteiger partial charge in [-0.15, -0.1) is 0 Å². The second-order valence-electron chi connectivity index (χ2n) is 7.55. The zero-order valence-electron chi connectivity index (χ0n) is 17.1. The molecule has 1 N–H and O–H groups in total. The van der Waals surface area contributed by atoms with Gasteiger partial charge in [0.15, 0.2) is 6.61 Å². The van der Waals surface area contributed by atoms with Gasteiger partial charge in [0.2, 0.25) is 0 Å². The van der Waals surface area contributed by atoms with Crippen molar-refractivity contribution in [1.82, 2.24) is 10.3 Å². The molecule has 1 amide bonds. The van der Waals surface area contributed by atoms with E-state index in [-0.39, 0.29) is 18.3 Å². The van der Waals surface area contributed by atoms with Gasteiger partial charge in [-0.05, 0) is 49.1 Å². The minimum Gasteiger partial charge on any atom is -0.452 e. The van der Waals surface area contributed by atoms with E-state index in [1.54, 1.807) is 18.2 Å². The van der Waals surface area contributed by atoms with Gasteiger partial charge in [0.25, 0.3) is 5.91 Å². The van der Waals surface area contributed by atoms with Gasteiger partial charge in [-0.1, -0.05) is 30.3 Å². The van der Waals surface area contributed by atoms with Crippen LogP contribution in [0.3, 0.4) is 0 Å². The number of rotatable bonds is 7. The van der Waals surface area contributed by atoms with E-state index in [1.807, 2.05) is 24.3 Å². The van der Waals surface area contributed by atoms with E-state index < -0.39 is 5.97 Å². The Bertz CT molecular complexity index is 1080. The highest BCUT2D eigenvalue weighted by Crippen LogP contribution is 2.27. The first-order chi connectivity index (χ1) is 15.1. The summed E-state index contributed by atoms with van der Waals surface area (Å²) >= 11 is 0. The van der Waals surface area contributed by atoms with Gasteiger partial charge in [-0.25, -0.2) is 14.2 Å². The molecule has 1 fully saturated rings. The summed E-state index contributed by atoms with van der Waals surface area (Å²) in [7, 11) is 0. The van der Waals surface area contributed by atoms with Crippen molar-refractivity contribution >= 4 is 28.6 Å². The van der Waals surface area contributed by atoms with Crippen LogP contribution < -0.4 is 10.2 Å². The van der Waals surface area contributed by atoms with Crippen LogP contribution in [0.5, 0.6) is 0 Å². The number of ether oxygens (including phenoxy) is 1. The third-order valence-corrected chi connectivity index (χ3v) is 5.31. The molecule has 0 spiro atoms. The summed E-state index contributed by atoms with van der Waals surface area (Å²) in [6.45, 7) is 1.69. The predicted octanol–water partition coefficient (Wildman–Crippen LogP) is 3.49. The first kappa shape index (κ1) is 20.8. The molecule has 31 heavy (non-hydrogen) atoms. The van der Waals surface area contributed by atoms with Crippen molar-refractivity contribution in [3.8, 4) is 0 Å². The van der Waals surface area contributed by atoms with E-state index >= 15 is 0 Å². The Morgan fingerprint density at radius 3 is 2.58 bits per heavy atom. The highest BCUT2D eigenvalue weighted by Gasteiger charge is 2.23. The van der Waals surface area contributed by atoms with Gasteiger partial charge in [0.05, 0.1) is 5.52 Å². The monoisotopic (exact) mass is 421 g/mol. The fourth-order valence-corrected chi connectivity index (χ4v) is 3.68. The zero-order chi connectivity index (χ0) is 21.6. The Labute approximate surface area is 180 Å². The fourth-order valence-electron chi connectivity index (χ4n) is 3.68. The molecule has 160 valence electrons. The predicted molar refractivity (Wildman–Crippen MR) is 117 cm³/mol. The number of aromatic nitrogens is 1. The molecule has 0 atom stereocenters. The van der Waals surface area contributed by atoms with E-state index in [2.05, 4.69) is 10.2 Å². The van der Waals surface area contributed by atoms with Gasteiger partial charge in [0.1, 0.15) is 17.2 Å². The molecular weight excluding hydrogens is 397 g/mol. The molecular formula is C24H24FN3O3. The zero-order valence-corrected chi connectivity index (χ0v) is 17.1. The highest BCUT2D eigenvalue weighted by atomic mass is 19.1. The second kappa shape index (κ2) is 9.55. The molecule has 4 rings (SSSR count). The van der Waals surface area contributed by atoms with E-state index in [1.165, 1.54) is 12.1 Å². The van der Waals surface area contributed by atoms with Crippen LogP contribution in [0, 0.1) is 5.82 Å². The van der Waals surface area contributed by atoms with Crippen LogP contribution in [-0.2, 0) is 16.0 Å². The number of hydrogen-bond donors (Lipinski definition) is 1. The Balaban J connectivity index is 1.37. The smallest absolute Gasteiger partial charge is 0.342 e. The molecule has 7 heteroatoms. The number of pyridine rings is 1. The third kappa shape index (κ3) is 5.17. The molecule has 2 heterocycles. The van der Waals surface area contributed by atoms with Crippen molar-refractivity contribution in [1.29, 1.82) is 0 Å². The summed E-state index contributed by atoms with van der Waals surface area (Å²) in [5, 5.41) is 3.56. The van der Waals surface area contributed by atoms with Gasteiger partial charge in [-0.2, -0.15) is 0 Å². The molecule has 1 aliphatic rings. The van der Waals surface area contributed by atoms with Crippen molar-refractivity contribution in [2.24, 2.45) is 0 Å². The number of carbonyl (C=O) groups is 2. The number of benzene rings is 2. The lowest BCUT2D eigenvalue weighted by molar-refractivity contribution is -0.124. The van der Waals surface area contributed by atoms with Crippen molar-refractivity contribution in [3.05, 3.63) is 71.5 Å². The number of hydrogen-bond acceptors (Lipinski definition) is 5. The maximum absolute atomic E-state index is 12.9. The molecule has 1 aliphatic heterocycles. The van der Waals surface area contributed by atoms with Gasteiger partial charge < -0.3 is 15.0 Å². The molecule has 1 saturated heterocycles. The molecule has 1 aromatic heterocycles. The highest BCUT2D eigenvalue weighted by molar-refractivity contribution is 6.00. The summed E-state index contributed by atoms with van der Waals surface area (Å²) < 4.78 is 18.2. The Morgan fingerprint density at radius 1 is 1.06 bits per heavy atom. The average Bonchev–Trinajstić information content (AvgIpc) is 3.33. The van der Waals surface area contributed by atoms with Crippen molar-refractivity contribution in [2.75, 3.05) is 31.1 Å². The van der Waals surface area contributed by atoms with Crippen LogP contribution in [0.15, 0.2) is 54.6 Å². The number of anilines is 1. The number of halogens is 1. The number of amides is 1. The van der Waals surface area contributed by atoms with Crippen molar-refractivity contribution < 1.29 is 18.7 Å². The first-order valence-corrected chi connectivity index (χ1v) is 10.4. The van der Waals surface area contributed by atoms with Crippen molar-refractivity contribution in [3.63, 3.8) is 0 Å². The molecule has 0 radical (unpaired) electrons. The summed E-state index contributed by atoms with van der Waals surface area (Å²) in [6, 6.07) is 15.5. The number of nitrogens with zero attached hydrogens (tertiary/aromatic N) is 2. The minimum atomic E-state index is -0.561. The van der Waals surface area contributed by atoms with E-state index in [9.17, 15) is 14.0 Å². The van der Waals surface area contributed by atoms with Gasteiger partial charge >= 0.3 is 5.97 Å². The molecule has 3 aromatic rings. The van der Waals surface area contributed by atoms with Gasteiger partial charge in [0, 0.05) is 25.0 Å². The summed E-state index contributed by atoms with van der Waals surface area (Å²) in [5.41, 5.74) is 2.11. The number of para-hydroxylation sites is 1. The topological polar surface area (TPSA) is 71.5 Å². The Hall–Kier alpha value is -3.48. The summed E-state index contributed by atoms with van der Waals surface area (Å²) in [6.07, 6.45) is 2.67. The lowest BCUT2D eigenvalue weighted by Crippen LogP contribution is -2.31. The van der Waals surface area contributed by atoms with Crippen LogP contribution in [0.2, 0.25) is 0 Å². The lowest BCUT2D eigenvalue weighted by atomic mass is 10.1. The van der Waals surface area contributed by atoms with Crippen LogP contribution in [0.1, 0.15) is 28.8 Å². The Kier molecular flexibility index (Phi) is 6.40. The normalized spacial score (nSPS) is 13.4. The van der Waals surface area contributed by atoms with Crippen LogP contribution in [0.25, 0.3) is 10.9 Å². The number of fused-ring (bicyclic) bond motifs is 1. The third-order valence-electron chi connectivity index (χ3n) is 5.31. The average molecular weight is 421 g/mol. The maximum Gasteiger partial charge on any atom is 0.342 e. The first-order valence-electron chi connectivity index (χ1n) is 10.4. The fraction of sp³-hybridized carbons (Fsp3) is 0.292. The van der Waals surface area contributed by atoms with Crippen LogP contribution in [0.4, 0.5) is 10.2 Å². The van der Waals surface area contributed by atoms with Crippen LogP contribution in [-0.4, -0.2) is 43.1 Å². The van der Waals surface area contributed by atoms with Crippen molar-refractivity contribution in [2.45, 2.75) is 19.3 Å². The molecule has 2 aromatic carbocycles. The molecule has 0 saturated carbocycles. The summed E-state index contributed by atoms with van der Waals surface area (Å²) in [5.74, 6) is -0.630. The number of esters is 1. The number of carbonyl (C=O) groups excluding carboxylic acids is 2. The van der Waals surface area contributed by atoms with Gasteiger partial charge in [-0.3, -0.25) is 4.79 Å². The summed E-state index contributed by atoms with van der Waals surface area (Å²) in [4.78, 5) is 31.7. The second-order valence-corrected chi connectivity index (χ2v) is 7.55. The van der Waals surface area contributed by atoms with E-state index in [0.717, 1.165) is 42.4 Å². The SMILES string of the molecule is O=C(COC(=O)c1cc2ccccc2nc1N1CCCC1)NCCc1ccc(F)cc1. The van der Waals surface area contributed by atoms with E-state index in [0.29, 0.717) is 24.3 Å². The minimum absolute atomic E-state index is 0.295. The largest absolute Gasteiger partial charge is 0.452 e. The standard InChI is InChI=1S/C24H24FN3O3/c25-19-9-7-17(8-10-19)11-12-26-22(29)16-31-24(30)20-15-18-5-1-2-6-21(18)27-23(20)28-13-3-4-14-28/h1-2,5-10,15H,3-4,11-14,16H2,(H,26,29). The van der Waals surface area contributed by atoms with Crippen LogP contribution >= 0.6 is 0 Å². The quantitative estimate of drug-likeness (QED) is 0.592. The maximum atomic E-state index is 12.9. The lowest BCUT2D eigenvalue weighted by Gasteiger charge is -2.20. The molecule has 0 aliphatic carbocycles. The Morgan fingerprint density at radius 2 is 1.81 bits per heavy atom. The van der Waals surface area contributed by atoms with E-state index in [4.69, 9.17) is 9.72 Å². The number of nitrogens with one attached hydrogen (secondary N) is 1. The molecule has 6 nitrogen and oxygen atoms in total. The molecule has 0 bridgehead atoms. The molecule has 0 unspecified atom stereocenters.